The number of carbonyl (C=O) groups is 1. The van der Waals surface area contributed by atoms with Gasteiger partial charge in [-0.15, -0.1) is 0 Å². The lowest BCUT2D eigenvalue weighted by Gasteiger charge is -2.14. The Kier molecular flexibility index (Phi) is 5.64. The van der Waals surface area contributed by atoms with Gasteiger partial charge in [-0.1, -0.05) is 17.7 Å². The smallest absolute Gasteiger partial charge is 0.435 e. The Labute approximate surface area is 163 Å². The molecule has 0 bridgehead atoms. The molecule has 0 atom stereocenters. The van der Waals surface area contributed by atoms with E-state index in [-0.39, 0.29) is 5.82 Å². The average Bonchev–Trinajstić information content (AvgIpc) is 3.08. The minimum atomic E-state index is -4.66. The van der Waals surface area contributed by atoms with Crippen molar-refractivity contribution in [3.8, 4) is 11.4 Å². The van der Waals surface area contributed by atoms with Crippen LogP contribution in [-0.4, -0.2) is 22.9 Å². The van der Waals surface area contributed by atoms with Crippen LogP contribution in [0.2, 0.25) is 0 Å². The van der Waals surface area contributed by atoms with Crippen LogP contribution >= 0.6 is 11.6 Å². The molecule has 2 amide bonds. The number of allylic oxidation sites excluding steroid dienone is 4. The largest absolute Gasteiger partial charge is 0.497 e. The van der Waals surface area contributed by atoms with Crippen LogP contribution in [0.25, 0.3) is 5.69 Å². The molecule has 3 rings (SSSR count). The first-order chi connectivity index (χ1) is 13.3. The molecule has 2 N–H and O–H groups in total. The molecule has 1 aliphatic rings. The minimum absolute atomic E-state index is 0.136. The Morgan fingerprint density at radius 3 is 2.64 bits per heavy atom. The third kappa shape index (κ3) is 4.66. The summed E-state index contributed by atoms with van der Waals surface area (Å²) in [7, 11) is 1.44. The third-order valence-electron chi connectivity index (χ3n) is 3.91. The van der Waals surface area contributed by atoms with Gasteiger partial charge in [0.05, 0.1) is 12.8 Å². The number of ether oxygens (including phenoxy) is 1. The molecule has 1 heterocycles. The predicted molar refractivity (Wildman–Crippen MR) is 98.5 cm³/mol. The van der Waals surface area contributed by atoms with Crippen LogP contribution in [0.4, 0.5) is 23.8 Å². The quantitative estimate of drug-likeness (QED) is 0.756. The Balaban J connectivity index is 1.88. The number of nitrogens with one attached hydrogen (secondary N) is 2. The number of benzene rings is 1. The number of alkyl halides is 3. The molecule has 1 aromatic carbocycles. The van der Waals surface area contributed by atoms with Gasteiger partial charge >= 0.3 is 12.2 Å². The van der Waals surface area contributed by atoms with Gasteiger partial charge in [-0.25, -0.2) is 9.48 Å². The molecule has 0 aliphatic heterocycles. The van der Waals surface area contributed by atoms with E-state index in [4.69, 9.17) is 16.3 Å². The van der Waals surface area contributed by atoms with Crippen molar-refractivity contribution in [3.63, 3.8) is 0 Å². The van der Waals surface area contributed by atoms with Gasteiger partial charge in [0.25, 0.3) is 0 Å². The molecular formula is C18H16ClF3N4O2. The number of carbonyl (C=O) groups excluding carboxylic acids is 1. The summed E-state index contributed by atoms with van der Waals surface area (Å²) in [6, 6.07) is 6.39. The molecule has 6 nitrogen and oxygen atoms in total. The van der Waals surface area contributed by atoms with E-state index >= 15 is 0 Å². The maximum Gasteiger partial charge on any atom is 0.435 e. The third-order valence-corrected chi connectivity index (χ3v) is 4.23. The van der Waals surface area contributed by atoms with E-state index in [1.807, 2.05) is 0 Å². The molecule has 1 aliphatic carbocycles. The zero-order valence-corrected chi connectivity index (χ0v) is 15.4. The SMILES string of the molecule is COc1cccc(-n2nc(C(F)(F)F)cc2NC(=O)NC2=CC=C(Cl)CC2)c1. The molecule has 0 radical (unpaired) electrons. The molecule has 0 saturated carbocycles. The number of rotatable bonds is 4. The number of nitrogens with zero attached hydrogens (tertiary/aromatic N) is 2. The molecule has 0 unspecified atom stereocenters. The number of anilines is 1. The average molecular weight is 413 g/mol. The van der Waals surface area contributed by atoms with E-state index in [1.54, 1.807) is 30.4 Å². The fraction of sp³-hybridized carbons (Fsp3) is 0.222. The molecule has 148 valence electrons. The van der Waals surface area contributed by atoms with Gasteiger partial charge in [-0.05, 0) is 37.1 Å². The number of hydrogen-bond donors (Lipinski definition) is 2. The van der Waals surface area contributed by atoms with Gasteiger partial charge in [0, 0.05) is 22.9 Å². The van der Waals surface area contributed by atoms with Crippen molar-refractivity contribution in [1.82, 2.24) is 15.1 Å². The van der Waals surface area contributed by atoms with Crippen molar-refractivity contribution in [2.24, 2.45) is 0 Å². The fourth-order valence-electron chi connectivity index (χ4n) is 2.56. The van der Waals surface area contributed by atoms with Crippen molar-refractivity contribution in [2.75, 3.05) is 12.4 Å². The highest BCUT2D eigenvalue weighted by molar-refractivity contribution is 6.29. The van der Waals surface area contributed by atoms with Crippen molar-refractivity contribution >= 4 is 23.4 Å². The first-order valence-corrected chi connectivity index (χ1v) is 8.59. The highest BCUT2D eigenvalue weighted by Gasteiger charge is 2.35. The van der Waals surface area contributed by atoms with Crippen LogP contribution in [0.1, 0.15) is 18.5 Å². The maximum atomic E-state index is 13.1. The first kappa shape index (κ1) is 19.8. The second-order valence-corrected chi connectivity index (χ2v) is 6.40. The summed E-state index contributed by atoms with van der Waals surface area (Å²) in [5, 5.41) is 9.26. The van der Waals surface area contributed by atoms with Crippen LogP contribution < -0.4 is 15.4 Å². The van der Waals surface area contributed by atoms with E-state index in [9.17, 15) is 18.0 Å². The summed E-state index contributed by atoms with van der Waals surface area (Å²) in [6.45, 7) is 0. The highest BCUT2D eigenvalue weighted by Crippen LogP contribution is 2.32. The van der Waals surface area contributed by atoms with Gasteiger partial charge in [0.2, 0.25) is 0 Å². The monoisotopic (exact) mass is 412 g/mol. The van der Waals surface area contributed by atoms with Gasteiger partial charge in [-0.3, -0.25) is 5.32 Å². The zero-order chi connectivity index (χ0) is 20.3. The predicted octanol–water partition coefficient (Wildman–Crippen LogP) is 4.82. The molecule has 0 spiro atoms. The molecule has 2 aromatic rings. The molecular weight excluding hydrogens is 397 g/mol. The lowest BCUT2D eigenvalue weighted by Crippen LogP contribution is -2.29. The Bertz CT molecular complexity index is 951. The summed E-state index contributed by atoms with van der Waals surface area (Å²) in [4.78, 5) is 12.3. The Morgan fingerprint density at radius 2 is 2.00 bits per heavy atom. The number of urea groups is 1. The zero-order valence-electron chi connectivity index (χ0n) is 14.7. The van der Waals surface area contributed by atoms with Crippen LogP contribution in [0, 0.1) is 0 Å². The summed E-state index contributed by atoms with van der Waals surface area (Å²) >= 11 is 5.87. The van der Waals surface area contributed by atoms with Crippen molar-refractivity contribution in [1.29, 1.82) is 0 Å². The van der Waals surface area contributed by atoms with Gasteiger partial charge in [0.1, 0.15) is 11.6 Å². The van der Waals surface area contributed by atoms with Crippen molar-refractivity contribution < 1.29 is 22.7 Å². The van der Waals surface area contributed by atoms with E-state index in [1.165, 1.54) is 13.2 Å². The number of amides is 2. The van der Waals surface area contributed by atoms with Crippen LogP contribution in [0.3, 0.4) is 0 Å². The highest BCUT2D eigenvalue weighted by atomic mass is 35.5. The van der Waals surface area contributed by atoms with E-state index in [0.717, 1.165) is 10.7 Å². The van der Waals surface area contributed by atoms with Crippen LogP contribution in [0.5, 0.6) is 5.75 Å². The summed E-state index contributed by atoms with van der Waals surface area (Å²) < 4.78 is 45.5. The van der Waals surface area contributed by atoms with Gasteiger partial charge < -0.3 is 10.1 Å². The lowest BCUT2D eigenvalue weighted by molar-refractivity contribution is -0.141. The lowest BCUT2D eigenvalue weighted by atomic mass is 10.1. The summed E-state index contributed by atoms with van der Waals surface area (Å²) in [5.74, 6) is 0.302. The summed E-state index contributed by atoms with van der Waals surface area (Å²) in [6.07, 6.45) is -0.265. The van der Waals surface area contributed by atoms with Gasteiger partial charge in [-0.2, -0.15) is 18.3 Å². The Hall–Kier alpha value is -2.94. The normalized spacial score (nSPS) is 14.2. The topological polar surface area (TPSA) is 68.2 Å². The number of aromatic nitrogens is 2. The Morgan fingerprint density at radius 1 is 1.21 bits per heavy atom. The first-order valence-electron chi connectivity index (χ1n) is 8.21. The fourth-order valence-corrected chi connectivity index (χ4v) is 2.71. The van der Waals surface area contributed by atoms with Gasteiger partial charge in [0.15, 0.2) is 5.69 Å². The second kappa shape index (κ2) is 7.97. The van der Waals surface area contributed by atoms with E-state index < -0.39 is 17.9 Å². The standard InChI is InChI=1S/C18H16ClF3N4O2/c1-28-14-4-2-3-13(9-14)26-16(10-15(25-26)18(20,21)22)24-17(27)23-12-7-5-11(19)6-8-12/h2-5,7,9-10H,6,8H2,1H3,(H2,23,24,27). The molecule has 1 aromatic heterocycles. The van der Waals surface area contributed by atoms with E-state index in [2.05, 4.69) is 15.7 Å². The summed E-state index contributed by atoms with van der Waals surface area (Å²) in [5.41, 5.74) is -0.223. The van der Waals surface area contributed by atoms with Crippen molar-refractivity contribution in [3.05, 3.63) is 58.9 Å². The molecule has 0 saturated heterocycles. The second-order valence-electron chi connectivity index (χ2n) is 5.91. The molecule has 10 heteroatoms. The molecule has 0 fully saturated rings. The van der Waals surface area contributed by atoms with Crippen molar-refractivity contribution in [2.45, 2.75) is 19.0 Å². The minimum Gasteiger partial charge on any atom is -0.497 e. The van der Waals surface area contributed by atoms with Crippen LogP contribution in [0.15, 0.2) is 53.2 Å². The number of halogens is 4. The van der Waals surface area contributed by atoms with Crippen LogP contribution in [-0.2, 0) is 6.18 Å². The van der Waals surface area contributed by atoms with E-state index in [0.29, 0.717) is 35.0 Å². The molecule has 28 heavy (non-hydrogen) atoms. The number of hydrogen-bond acceptors (Lipinski definition) is 3. The maximum absolute atomic E-state index is 13.1. The number of methoxy groups -OCH3 is 1.